The van der Waals surface area contributed by atoms with E-state index in [1.54, 1.807) is 7.05 Å². The van der Waals surface area contributed by atoms with Gasteiger partial charge in [0.05, 0.1) is 13.1 Å². The Morgan fingerprint density at radius 2 is 1.67 bits per heavy atom. The second-order valence-corrected chi connectivity index (χ2v) is 4.86. The summed E-state index contributed by atoms with van der Waals surface area (Å²) in [5.41, 5.74) is 0.283. The SMILES string of the molecule is CC(CC(C)(C)C(C)C)[NH+](C)[O-]. The van der Waals surface area contributed by atoms with Crippen LogP contribution in [0.4, 0.5) is 0 Å². The van der Waals surface area contributed by atoms with Crippen LogP contribution in [0.3, 0.4) is 0 Å². The van der Waals surface area contributed by atoms with Gasteiger partial charge in [-0.1, -0.05) is 27.7 Å². The molecule has 74 valence electrons. The number of hydrogen-bond donors (Lipinski definition) is 1. The summed E-state index contributed by atoms with van der Waals surface area (Å²) < 4.78 is 0. The molecule has 2 heteroatoms. The molecule has 0 aromatic rings. The van der Waals surface area contributed by atoms with Crippen molar-refractivity contribution in [2.24, 2.45) is 11.3 Å². The van der Waals surface area contributed by atoms with E-state index in [1.165, 1.54) is 0 Å². The zero-order valence-electron chi connectivity index (χ0n) is 9.27. The Morgan fingerprint density at radius 1 is 1.25 bits per heavy atom. The molecule has 0 fully saturated rings. The number of hydroxylamine groups is 2. The molecular formula is C10H23NO. The largest absolute Gasteiger partial charge is 0.634 e. The van der Waals surface area contributed by atoms with E-state index in [-0.39, 0.29) is 11.5 Å². The lowest BCUT2D eigenvalue weighted by atomic mass is 9.76. The van der Waals surface area contributed by atoms with Gasteiger partial charge < -0.3 is 10.3 Å². The zero-order chi connectivity index (χ0) is 9.94. The van der Waals surface area contributed by atoms with E-state index in [0.717, 1.165) is 6.42 Å². The summed E-state index contributed by atoms with van der Waals surface area (Å²) in [5.74, 6) is 0.638. The summed E-state index contributed by atoms with van der Waals surface area (Å²) in [7, 11) is 1.68. The van der Waals surface area contributed by atoms with Gasteiger partial charge in [0.25, 0.3) is 0 Å². The first-order chi connectivity index (χ1) is 5.27. The van der Waals surface area contributed by atoms with Crippen LogP contribution in [0.2, 0.25) is 0 Å². The molecule has 2 atom stereocenters. The molecule has 0 heterocycles. The molecule has 0 aliphatic carbocycles. The lowest BCUT2D eigenvalue weighted by Gasteiger charge is -2.35. The Kier molecular flexibility index (Phi) is 4.21. The summed E-state index contributed by atoms with van der Waals surface area (Å²) in [5, 5.41) is 11.4. The van der Waals surface area contributed by atoms with Gasteiger partial charge in [0, 0.05) is 6.42 Å². The molecule has 0 aromatic heterocycles. The molecule has 0 aliphatic rings. The molecule has 0 radical (unpaired) electrons. The predicted molar refractivity (Wildman–Crippen MR) is 53.0 cm³/mol. The van der Waals surface area contributed by atoms with Gasteiger partial charge >= 0.3 is 0 Å². The van der Waals surface area contributed by atoms with E-state index in [2.05, 4.69) is 27.7 Å². The quantitative estimate of drug-likeness (QED) is 0.640. The molecule has 2 nitrogen and oxygen atoms in total. The monoisotopic (exact) mass is 173 g/mol. The third-order valence-electron chi connectivity index (χ3n) is 3.09. The van der Waals surface area contributed by atoms with Crippen molar-refractivity contribution < 1.29 is 5.06 Å². The number of hydrogen-bond acceptors (Lipinski definition) is 1. The summed E-state index contributed by atoms with van der Waals surface area (Å²) in [6, 6.07) is 0.211. The van der Waals surface area contributed by atoms with Gasteiger partial charge in [-0.3, -0.25) is 0 Å². The summed E-state index contributed by atoms with van der Waals surface area (Å²) in [4.78, 5) is 0. The Morgan fingerprint density at radius 3 is 1.92 bits per heavy atom. The average molecular weight is 173 g/mol. The van der Waals surface area contributed by atoms with Crippen LogP contribution in [0, 0.1) is 16.5 Å². The highest BCUT2D eigenvalue weighted by Gasteiger charge is 2.26. The third kappa shape index (κ3) is 3.55. The molecule has 0 amide bonds. The van der Waals surface area contributed by atoms with E-state index in [0.29, 0.717) is 11.0 Å². The lowest BCUT2D eigenvalue weighted by Crippen LogP contribution is -3.07. The topological polar surface area (TPSA) is 27.5 Å². The maximum Gasteiger partial charge on any atom is 0.0846 e. The minimum Gasteiger partial charge on any atom is -0.634 e. The third-order valence-corrected chi connectivity index (χ3v) is 3.09. The normalized spacial score (nSPS) is 18.0. The molecule has 0 saturated carbocycles. The minimum atomic E-state index is 0.211. The molecule has 2 unspecified atom stereocenters. The minimum absolute atomic E-state index is 0.211. The highest BCUT2D eigenvalue weighted by atomic mass is 16.5. The van der Waals surface area contributed by atoms with Crippen LogP contribution in [-0.2, 0) is 0 Å². The van der Waals surface area contributed by atoms with Crippen molar-refractivity contribution in [1.29, 1.82) is 0 Å². The Labute approximate surface area is 76.5 Å². The molecule has 0 rings (SSSR count). The van der Waals surface area contributed by atoms with Crippen molar-refractivity contribution in [2.75, 3.05) is 7.05 Å². The Bertz CT molecular complexity index is 130. The maximum absolute atomic E-state index is 11.0. The molecule has 0 saturated heterocycles. The zero-order valence-corrected chi connectivity index (χ0v) is 9.27. The van der Waals surface area contributed by atoms with Gasteiger partial charge in [-0.05, 0) is 18.3 Å². The van der Waals surface area contributed by atoms with E-state index >= 15 is 0 Å². The summed E-state index contributed by atoms with van der Waals surface area (Å²) in [6.45, 7) is 10.9. The van der Waals surface area contributed by atoms with Crippen LogP contribution < -0.4 is 5.06 Å². The highest BCUT2D eigenvalue weighted by Crippen LogP contribution is 2.30. The lowest BCUT2D eigenvalue weighted by molar-refractivity contribution is -0.853. The highest BCUT2D eigenvalue weighted by molar-refractivity contribution is 4.74. The van der Waals surface area contributed by atoms with Crippen molar-refractivity contribution in [3.63, 3.8) is 0 Å². The second kappa shape index (κ2) is 4.24. The molecule has 0 aromatic carbocycles. The number of rotatable bonds is 4. The predicted octanol–water partition coefficient (Wildman–Crippen LogP) is 1.46. The van der Waals surface area contributed by atoms with Crippen LogP contribution in [0.1, 0.15) is 41.0 Å². The van der Waals surface area contributed by atoms with Crippen molar-refractivity contribution in [1.82, 2.24) is 0 Å². The van der Waals surface area contributed by atoms with Crippen molar-refractivity contribution in [2.45, 2.75) is 47.1 Å². The first-order valence-electron chi connectivity index (χ1n) is 4.78. The summed E-state index contributed by atoms with van der Waals surface area (Å²) in [6.07, 6.45) is 1.00. The van der Waals surface area contributed by atoms with E-state index in [9.17, 15) is 5.21 Å². The number of nitrogens with one attached hydrogen (secondary N) is 1. The summed E-state index contributed by atoms with van der Waals surface area (Å²) >= 11 is 0. The fourth-order valence-electron chi connectivity index (χ4n) is 1.17. The van der Waals surface area contributed by atoms with Gasteiger partial charge in [-0.15, -0.1) is 0 Å². The van der Waals surface area contributed by atoms with Gasteiger partial charge in [-0.2, -0.15) is 0 Å². The first kappa shape index (κ1) is 11.9. The molecule has 12 heavy (non-hydrogen) atoms. The van der Waals surface area contributed by atoms with Crippen LogP contribution in [0.25, 0.3) is 0 Å². The van der Waals surface area contributed by atoms with Crippen molar-refractivity contribution in [3.8, 4) is 0 Å². The Hall–Kier alpha value is -0.0800. The van der Waals surface area contributed by atoms with Gasteiger partial charge in [-0.25, -0.2) is 0 Å². The van der Waals surface area contributed by atoms with E-state index < -0.39 is 0 Å². The van der Waals surface area contributed by atoms with Crippen molar-refractivity contribution >= 4 is 0 Å². The van der Waals surface area contributed by atoms with Gasteiger partial charge in [0.15, 0.2) is 0 Å². The fraction of sp³-hybridized carbons (Fsp3) is 1.00. The van der Waals surface area contributed by atoms with Crippen LogP contribution in [0.15, 0.2) is 0 Å². The second-order valence-electron chi connectivity index (χ2n) is 4.86. The van der Waals surface area contributed by atoms with E-state index in [1.807, 2.05) is 6.92 Å². The van der Waals surface area contributed by atoms with E-state index in [4.69, 9.17) is 0 Å². The van der Waals surface area contributed by atoms with Crippen molar-refractivity contribution in [3.05, 3.63) is 5.21 Å². The first-order valence-corrected chi connectivity index (χ1v) is 4.78. The van der Waals surface area contributed by atoms with Crippen LogP contribution in [-0.4, -0.2) is 13.1 Å². The fourth-order valence-corrected chi connectivity index (χ4v) is 1.17. The molecule has 0 bridgehead atoms. The maximum atomic E-state index is 11.0. The Balaban J connectivity index is 4.05. The standard InChI is InChI=1S/C10H23NO/c1-8(2)10(4,5)7-9(3)11(6)12/h8-9,11H,7H2,1-6H3. The van der Waals surface area contributed by atoms with Crippen LogP contribution in [0.5, 0.6) is 0 Å². The van der Waals surface area contributed by atoms with Crippen LogP contribution >= 0.6 is 0 Å². The average Bonchev–Trinajstić information content (AvgIpc) is 1.85. The van der Waals surface area contributed by atoms with Gasteiger partial charge in [0.1, 0.15) is 0 Å². The smallest absolute Gasteiger partial charge is 0.0846 e. The van der Waals surface area contributed by atoms with Gasteiger partial charge in [0.2, 0.25) is 0 Å². The molecule has 0 spiro atoms. The molecule has 1 N–H and O–H groups in total. The number of quaternary nitrogens is 1. The molecular weight excluding hydrogens is 150 g/mol. The molecule has 0 aliphatic heterocycles.